The van der Waals surface area contributed by atoms with Crippen molar-refractivity contribution in [3.63, 3.8) is 0 Å². The van der Waals surface area contributed by atoms with E-state index in [0.29, 0.717) is 13.0 Å². The van der Waals surface area contributed by atoms with Gasteiger partial charge in [-0.1, -0.05) is 12.8 Å². The van der Waals surface area contributed by atoms with E-state index in [0.717, 1.165) is 32.2 Å². The zero-order chi connectivity index (χ0) is 12.3. The summed E-state index contributed by atoms with van der Waals surface area (Å²) in [5, 5.41) is 3.03. The van der Waals surface area contributed by atoms with Gasteiger partial charge in [0.05, 0.1) is 6.10 Å². The Bertz CT molecular complexity index is 367. The predicted molar refractivity (Wildman–Crippen MR) is 63.1 cm³/mol. The average Bonchev–Trinajstić information content (AvgIpc) is 2.85. The fourth-order valence-corrected chi connectivity index (χ4v) is 3.72. The van der Waals surface area contributed by atoms with E-state index in [9.17, 15) is 13.2 Å². The summed E-state index contributed by atoms with van der Waals surface area (Å²) in [7, 11) is -3.69. The summed E-state index contributed by atoms with van der Waals surface area (Å²) in [6.45, 7) is 1.33. The van der Waals surface area contributed by atoms with Crippen molar-refractivity contribution in [2.75, 3.05) is 18.8 Å². The van der Waals surface area contributed by atoms with Crippen LogP contribution in [0.2, 0.25) is 0 Å². The maximum absolute atomic E-state index is 11.8. The van der Waals surface area contributed by atoms with Crippen LogP contribution in [0.1, 0.15) is 32.1 Å². The topological polar surface area (TPSA) is 72.5 Å². The maximum Gasteiger partial charge on any atom is 0.274 e. The SMILES string of the molecule is O=C(CS(=O)(=O)O[C@H]1CCNC1)C1CCCC1. The molecule has 2 aliphatic rings. The van der Waals surface area contributed by atoms with Gasteiger partial charge in [-0.2, -0.15) is 8.42 Å². The molecule has 1 aliphatic carbocycles. The highest BCUT2D eigenvalue weighted by Gasteiger charge is 2.29. The van der Waals surface area contributed by atoms with Crippen LogP contribution in [-0.4, -0.2) is 39.1 Å². The minimum atomic E-state index is -3.69. The Hall–Kier alpha value is -0.460. The zero-order valence-electron chi connectivity index (χ0n) is 9.85. The van der Waals surface area contributed by atoms with Crippen LogP contribution in [0.3, 0.4) is 0 Å². The Morgan fingerprint density at radius 1 is 1.24 bits per heavy atom. The lowest BCUT2D eigenvalue weighted by atomic mass is 10.0. The van der Waals surface area contributed by atoms with E-state index in [-0.39, 0.29) is 17.8 Å². The van der Waals surface area contributed by atoms with E-state index in [1.807, 2.05) is 0 Å². The summed E-state index contributed by atoms with van der Waals surface area (Å²) < 4.78 is 28.4. The van der Waals surface area contributed by atoms with Crippen molar-refractivity contribution in [1.29, 1.82) is 0 Å². The lowest BCUT2D eigenvalue weighted by Gasteiger charge is -2.12. The van der Waals surface area contributed by atoms with Crippen molar-refractivity contribution in [3.05, 3.63) is 0 Å². The maximum atomic E-state index is 11.8. The molecule has 2 fully saturated rings. The molecule has 0 amide bonds. The summed E-state index contributed by atoms with van der Waals surface area (Å²) in [4.78, 5) is 11.8. The van der Waals surface area contributed by atoms with Crippen molar-refractivity contribution in [2.24, 2.45) is 5.92 Å². The van der Waals surface area contributed by atoms with Gasteiger partial charge < -0.3 is 5.32 Å². The number of rotatable bonds is 5. The van der Waals surface area contributed by atoms with Crippen molar-refractivity contribution in [1.82, 2.24) is 5.32 Å². The molecule has 0 bridgehead atoms. The van der Waals surface area contributed by atoms with E-state index >= 15 is 0 Å². The molecule has 5 nitrogen and oxygen atoms in total. The second-order valence-corrected chi connectivity index (χ2v) is 6.46. The molecular formula is C11H19NO4S. The second kappa shape index (κ2) is 5.46. The number of ketones is 1. The molecule has 0 aromatic rings. The molecule has 6 heteroatoms. The lowest BCUT2D eigenvalue weighted by molar-refractivity contribution is -0.120. The van der Waals surface area contributed by atoms with Crippen LogP contribution in [0.15, 0.2) is 0 Å². The Labute approximate surface area is 102 Å². The minimum Gasteiger partial charge on any atom is -0.314 e. The largest absolute Gasteiger partial charge is 0.314 e. The highest BCUT2D eigenvalue weighted by Crippen LogP contribution is 2.26. The molecule has 0 radical (unpaired) electrons. The number of Topliss-reactive ketones (excluding diaryl/α,β-unsaturated/α-hetero) is 1. The first kappa shape index (κ1) is 13.0. The molecule has 0 spiro atoms. The standard InChI is InChI=1S/C11H19NO4S/c13-11(9-3-1-2-4-9)8-17(14,15)16-10-5-6-12-7-10/h9-10,12H,1-8H2/t10-/m0/s1. The van der Waals surface area contributed by atoms with Gasteiger partial charge in [-0.25, -0.2) is 0 Å². The van der Waals surface area contributed by atoms with E-state index in [4.69, 9.17) is 4.18 Å². The first-order valence-electron chi connectivity index (χ1n) is 6.21. The monoisotopic (exact) mass is 261 g/mol. The summed E-state index contributed by atoms with van der Waals surface area (Å²) in [6, 6.07) is 0. The molecule has 0 aromatic carbocycles. The quantitative estimate of drug-likeness (QED) is 0.728. The van der Waals surface area contributed by atoms with Crippen LogP contribution >= 0.6 is 0 Å². The van der Waals surface area contributed by atoms with Crippen LogP contribution < -0.4 is 5.32 Å². The van der Waals surface area contributed by atoms with Crippen LogP contribution in [0.4, 0.5) is 0 Å². The Morgan fingerprint density at radius 3 is 2.53 bits per heavy atom. The van der Waals surface area contributed by atoms with Crippen molar-refractivity contribution >= 4 is 15.9 Å². The van der Waals surface area contributed by atoms with E-state index < -0.39 is 15.9 Å². The van der Waals surface area contributed by atoms with Gasteiger partial charge in [-0.05, 0) is 25.8 Å². The minimum absolute atomic E-state index is 0.0601. The van der Waals surface area contributed by atoms with Gasteiger partial charge >= 0.3 is 0 Å². The van der Waals surface area contributed by atoms with Gasteiger partial charge in [0.1, 0.15) is 5.75 Å². The van der Waals surface area contributed by atoms with Crippen molar-refractivity contribution in [2.45, 2.75) is 38.2 Å². The smallest absolute Gasteiger partial charge is 0.274 e. The summed E-state index contributed by atoms with van der Waals surface area (Å²) in [6.07, 6.45) is 4.12. The van der Waals surface area contributed by atoms with E-state index in [1.165, 1.54) is 0 Å². The molecule has 2 rings (SSSR count). The van der Waals surface area contributed by atoms with Crippen molar-refractivity contribution < 1.29 is 17.4 Å². The highest BCUT2D eigenvalue weighted by molar-refractivity contribution is 7.87. The van der Waals surface area contributed by atoms with Crippen LogP contribution in [0.25, 0.3) is 0 Å². The molecule has 17 heavy (non-hydrogen) atoms. The molecule has 1 N–H and O–H groups in total. The molecule has 1 aliphatic heterocycles. The molecule has 1 saturated carbocycles. The first-order chi connectivity index (χ1) is 8.07. The van der Waals surface area contributed by atoms with Crippen LogP contribution in [0.5, 0.6) is 0 Å². The van der Waals surface area contributed by atoms with Crippen LogP contribution in [-0.2, 0) is 19.1 Å². The molecule has 98 valence electrons. The third-order valence-electron chi connectivity index (χ3n) is 3.43. The Morgan fingerprint density at radius 2 is 1.94 bits per heavy atom. The molecule has 0 unspecified atom stereocenters. The van der Waals surface area contributed by atoms with Gasteiger partial charge in [0, 0.05) is 12.5 Å². The fourth-order valence-electron chi connectivity index (χ4n) is 2.49. The molecule has 0 aromatic heterocycles. The summed E-state index contributed by atoms with van der Waals surface area (Å²) in [5.41, 5.74) is 0. The Balaban J connectivity index is 1.85. The summed E-state index contributed by atoms with van der Waals surface area (Å²) >= 11 is 0. The first-order valence-corrected chi connectivity index (χ1v) is 7.79. The van der Waals surface area contributed by atoms with Gasteiger partial charge in [-0.15, -0.1) is 0 Å². The predicted octanol–water partition coefficient (Wildman–Crippen LogP) is 0.454. The summed E-state index contributed by atoms with van der Waals surface area (Å²) in [5.74, 6) is -0.683. The second-order valence-electron chi connectivity index (χ2n) is 4.86. The zero-order valence-corrected chi connectivity index (χ0v) is 10.7. The highest BCUT2D eigenvalue weighted by atomic mass is 32.2. The molecular weight excluding hydrogens is 242 g/mol. The molecule has 1 saturated heterocycles. The fraction of sp³-hybridized carbons (Fsp3) is 0.909. The van der Waals surface area contributed by atoms with Gasteiger partial charge in [0.2, 0.25) is 0 Å². The van der Waals surface area contributed by atoms with E-state index in [1.54, 1.807) is 0 Å². The number of carbonyl (C=O) groups excluding carboxylic acids is 1. The third kappa shape index (κ3) is 3.76. The normalized spacial score (nSPS) is 26.5. The lowest BCUT2D eigenvalue weighted by Crippen LogP contribution is -2.28. The van der Waals surface area contributed by atoms with Gasteiger partial charge in [-0.3, -0.25) is 8.98 Å². The third-order valence-corrected chi connectivity index (χ3v) is 4.63. The number of nitrogens with one attached hydrogen (secondary N) is 1. The number of carbonyl (C=O) groups is 1. The van der Waals surface area contributed by atoms with Crippen molar-refractivity contribution in [3.8, 4) is 0 Å². The molecule has 1 heterocycles. The van der Waals surface area contributed by atoms with Gasteiger partial charge in [0.15, 0.2) is 5.78 Å². The van der Waals surface area contributed by atoms with Crippen LogP contribution in [0, 0.1) is 5.92 Å². The number of hydrogen-bond acceptors (Lipinski definition) is 5. The molecule has 1 atom stereocenters. The van der Waals surface area contributed by atoms with Gasteiger partial charge in [0.25, 0.3) is 10.1 Å². The number of hydrogen-bond donors (Lipinski definition) is 1. The average molecular weight is 261 g/mol. The van der Waals surface area contributed by atoms with E-state index in [2.05, 4.69) is 5.32 Å². The Kier molecular flexibility index (Phi) is 4.17.